The van der Waals surface area contributed by atoms with Crippen LogP contribution in [0, 0.1) is 13.8 Å². The van der Waals surface area contributed by atoms with Crippen LogP contribution in [0.1, 0.15) is 23.9 Å². The van der Waals surface area contributed by atoms with Crippen LogP contribution in [0.15, 0.2) is 87.7 Å². The number of ether oxygens (including phenoxy) is 1. The third-order valence-electron chi connectivity index (χ3n) is 6.39. The second-order valence-electron chi connectivity index (χ2n) is 9.17. The number of nitrogens with one attached hydrogen (secondary N) is 1. The summed E-state index contributed by atoms with van der Waals surface area (Å²) >= 11 is 13.8. The van der Waals surface area contributed by atoms with Crippen LogP contribution in [0.25, 0.3) is 5.69 Å². The quantitative estimate of drug-likeness (QED) is 0.109. The summed E-state index contributed by atoms with van der Waals surface area (Å²) in [6.45, 7) is 5.70. The number of hydrazone groups is 1. The van der Waals surface area contributed by atoms with E-state index in [0.29, 0.717) is 28.1 Å². The summed E-state index contributed by atoms with van der Waals surface area (Å²) in [6.07, 6.45) is 3.43. The molecule has 12 heteroatoms. The summed E-state index contributed by atoms with van der Waals surface area (Å²) in [5.41, 5.74) is 6.19. The van der Waals surface area contributed by atoms with Gasteiger partial charge < -0.3 is 9.30 Å². The summed E-state index contributed by atoms with van der Waals surface area (Å²) in [6, 6.07) is 20.3. The van der Waals surface area contributed by atoms with E-state index in [2.05, 4.69) is 10.5 Å². The highest BCUT2D eigenvalue weighted by Crippen LogP contribution is 2.28. The number of hydrogen-bond acceptors (Lipinski definition) is 6. The van der Waals surface area contributed by atoms with Gasteiger partial charge in [-0.2, -0.15) is 5.10 Å². The zero-order valence-corrected chi connectivity index (χ0v) is 26.6. The van der Waals surface area contributed by atoms with Gasteiger partial charge in [-0.3, -0.25) is 9.10 Å². The van der Waals surface area contributed by atoms with E-state index in [9.17, 15) is 13.2 Å². The van der Waals surface area contributed by atoms with Crippen molar-refractivity contribution in [1.29, 1.82) is 0 Å². The van der Waals surface area contributed by atoms with Crippen LogP contribution in [-0.4, -0.2) is 44.5 Å². The summed E-state index contributed by atoms with van der Waals surface area (Å²) in [7, 11) is -4.08. The second-order valence-corrected chi connectivity index (χ2v) is 12.7. The highest BCUT2D eigenvalue weighted by Gasteiger charge is 2.27. The molecule has 4 aromatic rings. The van der Waals surface area contributed by atoms with Crippen LogP contribution in [0.2, 0.25) is 10.0 Å². The van der Waals surface area contributed by atoms with E-state index in [-0.39, 0.29) is 4.90 Å². The lowest BCUT2D eigenvalue weighted by Gasteiger charge is -2.24. The molecule has 0 fully saturated rings. The largest absolute Gasteiger partial charge is 0.494 e. The van der Waals surface area contributed by atoms with Gasteiger partial charge in [-0.05, 0) is 99.8 Å². The van der Waals surface area contributed by atoms with Gasteiger partial charge in [-0.15, -0.1) is 11.8 Å². The molecule has 0 radical (unpaired) electrons. The molecule has 3 aromatic carbocycles. The molecule has 0 spiro atoms. The number of aryl methyl sites for hydroxylation is 1. The van der Waals surface area contributed by atoms with E-state index in [1.54, 1.807) is 48.5 Å². The zero-order chi connectivity index (χ0) is 30.4. The molecule has 0 saturated heterocycles. The maximum Gasteiger partial charge on any atom is 0.264 e. The molecule has 0 unspecified atom stereocenters. The van der Waals surface area contributed by atoms with Crippen LogP contribution in [0.5, 0.6) is 5.75 Å². The van der Waals surface area contributed by atoms with Crippen LogP contribution in [0.3, 0.4) is 0 Å². The lowest BCUT2D eigenvalue weighted by atomic mass is 10.2. The Kier molecular flexibility index (Phi) is 10.3. The van der Waals surface area contributed by atoms with E-state index < -0.39 is 22.5 Å². The number of halogens is 2. The molecule has 220 valence electrons. The van der Waals surface area contributed by atoms with Crippen molar-refractivity contribution in [1.82, 2.24) is 9.99 Å². The molecule has 0 aliphatic carbocycles. The van der Waals surface area contributed by atoms with E-state index in [4.69, 9.17) is 27.9 Å². The maximum atomic E-state index is 13.7. The van der Waals surface area contributed by atoms with Gasteiger partial charge in [0.2, 0.25) is 0 Å². The number of thioether (sulfide) groups is 1. The molecule has 8 nitrogen and oxygen atoms in total. The van der Waals surface area contributed by atoms with E-state index in [1.807, 2.05) is 43.7 Å². The van der Waals surface area contributed by atoms with Crippen molar-refractivity contribution in [2.45, 2.75) is 30.6 Å². The van der Waals surface area contributed by atoms with E-state index in [0.717, 1.165) is 31.8 Å². The van der Waals surface area contributed by atoms with Crippen LogP contribution in [-0.2, 0) is 14.8 Å². The van der Waals surface area contributed by atoms with E-state index in [1.165, 1.54) is 30.1 Å². The first-order valence-corrected chi connectivity index (χ1v) is 16.3. The fourth-order valence-electron chi connectivity index (χ4n) is 4.34. The first-order chi connectivity index (χ1) is 20.0. The maximum absolute atomic E-state index is 13.7. The summed E-state index contributed by atoms with van der Waals surface area (Å²) in [5, 5.41) is 5.02. The number of sulfonamides is 1. The van der Waals surface area contributed by atoms with Gasteiger partial charge in [0.25, 0.3) is 15.9 Å². The summed E-state index contributed by atoms with van der Waals surface area (Å²) in [5.74, 6) is -0.0156. The molecule has 0 atom stereocenters. The Morgan fingerprint density at radius 3 is 2.33 bits per heavy atom. The third kappa shape index (κ3) is 7.12. The van der Waals surface area contributed by atoms with Crippen molar-refractivity contribution in [2.24, 2.45) is 5.10 Å². The normalized spacial score (nSPS) is 11.6. The highest BCUT2D eigenvalue weighted by molar-refractivity contribution is 7.98. The van der Waals surface area contributed by atoms with Crippen molar-refractivity contribution in [2.75, 3.05) is 23.7 Å². The highest BCUT2D eigenvalue weighted by atomic mass is 35.5. The second kappa shape index (κ2) is 13.7. The average molecular weight is 646 g/mol. The van der Waals surface area contributed by atoms with Crippen molar-refractivity contribution in [3.8, 4) is 11.4 Å². The lowest BCUT2D eigenvalue weighted by molar-refractivity contribution is -0.119. The Hall–Kier alpha value is -3.44. The average Bonchev–Trinajstić information content (AvgIpc) is 3.26. The first kappa shape index (κ1) is 31.5. The molecule has 1 amide bonds. The Bertz CT molecular complexity index is 1700. The van der Waals surface area contributed by atoms with Crippen molar-refractivity contribution < 1.29 is 17.9 Å². The number of carbonyl (C=O) groups excluding carboxylic acids is 1. The van der Waals surface area contributed by atoms with Crippen molar-refractivity contribution in [3.63, 3.8) is 0 Å². The molecule has 0 bridgehead atoms. The van der Waals surface area contributed by atoms with Crippen LogP contribution >= 0.6 is 35.0 Å². The molecule has 0 aliphatic rings. The molecule has 1 aromatic heterocycles. The Morgan fingerprint density at radius 2 is 1.71 bits per heavy atom. The van der Waals surface area contributed by atoms with Gasteiger partial charge in [0, 0.05) is 27.5 Å². The molecule has 0 aliphatic heterocycles. The smallest absolute Gasteiger partial charge is 0.264 e. The van der Waals surface area contributed by atoms with E-state index >= 15 is 0 Å². The fraction of sp³-hybridized carbons (Fsp3) is 0.200. The fourth-order valence-corrected chi connectivity index (χ4v) is 6.47. The number of carbonyl (C=O) groups is 1. The number of amides is 1. The summed E-state index contributed by atoms with van der Waals surface area (Å²) in [4.78, 5) is 14.0. The molecule has 1 N–H and O–H groups in total. The van der Waals surface area contributed by atoms with Crippen LogP contribution in [0.4, 0.5) is 5.69 Å². The standard InChI is InChI=1S/C30H30Cl2N4O4S2/c1-5-40-25-9-6-23(7-10-25)35(42(38,39)27-13-11-26(41-4)12-14-27)19-30(37)34-33-18-22-16-20(2)36(21(22)3)24-8-15-28(31)29(32)17-24/h6-18H,5,19H2,1-4H3,(H,34,37)/b33-18+. The molecular weight excluding hydrogens is 615 g/mol. The van der Waals surface area contributed by atoms with Crippen LogP contribution < -0.4 is 14.5 Å². The number of benzene rings is 3. The Balaban J connectivity index is 1.56. The van der Waals surface area contributed by atoms with Gasteiger partial charge in [0.05, 0.1) is 33.4 Å². The molecule has 42 heavy (non-hydrogen) atoms. The third-order valence-corrected chi connectivity index (χ3v) is 9.67. The van der Waals surface area contributed by atoms with Gasteiger partial charge in [-0.25, -0.2) is 13.8 Å². The zero-order valence-electron chi connectivity index (χ0n) is 23.5. The van der Waals surface area contributed by atoms with Gasteiger partial charge in [0.1, 0.15) is 12.3 Å². The Labute approximate surface area is 260 Å². The predicted octanol–water partition coefficient (Wildman–Crippen LogP) is 6.87. The molecule has 4 rings (SSSR count). The minimum Gasteiger partial charge on any atom is -0.494 e. The molecule has 0 saturated carbocycles. The summed E-state index contributed by atoms with van der Waals surface area (Å²) < 4.78 is 35.9. The first-order valence-electron chi connectivity index (χ1n) is 12.9. The predicted molar refractivity (Wildman–Crippen MR) is 171 cm³/mol. The van der Waals surface area contributed by atoms with Gasteiger partial charge >= 0.3 is 0 Å². The molecular formula is C30H30Cl2N4O4S2. The van der Waals surface area contributed by atoms with Crippen molar-refractivity contribution >= 4 is 62.8 Å². The number of hydrogen-bond donors (Lipinski definition) is 1. The molecule has 1 heterocycles. The Morgan fingerprint density at radius 1 is 1.02 bits per heavy atom. The number of aromatic nitrogens is 1. The SMILES string of the molecule is CCOc1ccc(N(CC(=O)N/N=C/c2cc(C)n(-c3ccc(Cl)c(Cl)c3)c2C)S(=O)(=O)c2ccc(SC)cc2)cc1. The topological polar surface area (TPSA) is 93.0 Å². The number of rotatable bonds is 11. The number of anilines is 1. The minimum absolute atomic E-state index is 0.0697. The monoisotopic (exact) mass is 644 g/mol. The van der Waals surface area contributed by atoms with Gasteiger partial charge in [0.15, 0.2) is 0 Å². The minimum atomic E-state index is -4.08. The van der Waals surface area contributed by atoms with Crippen molar-refractivity contribution in [3.05, 3.63) is 99.8 Å². The lowest BCUT2D eigenvalue weighted by Crippen LogP contribution is -2.39. The number of nitrogens with zero attached hydrogens (tertiary/aromatic N) is 3. The van der Waals surface area contributed by atoms with Gasteiger partial charge in [-0.1, -0.05) is 23.2 Å².